The van der Waals surface area contributed by atoms with Gasteiger partial charge in [-0.2, -0.15) is 0 Å². The molecule has 2 aliphatic rings. The van der Waals surface area contributed by atoms with Crippen molar-refractivity contribution in [3.63, 3.8) is 0 Å². The largest absolute Gasteiger partial charge is 0.507 e. The van der Waals surface area contributed by atoms with Crippen LogP contribution in [0.3, 0.4) is 0 Å². The number of hydrogen-bond acceptors (Lipinski definition) is 5. The summed E-state index contributed by atoms with van der Waals surface area (Å²) in [6.07, 6.45) is 0.663. The molecule has 0 aliphatic carbocycles. The maximum absolute atomic E-state index is 12.6. The van der Waals surface area contributed by atoms with Crippen LogP contribution in [0.1, 0.15) is 32.5 Å². The van der Waals surface area contributed by atoms with Crippen LogP contribution >= 0.6 is 33.9 Å². The summed E-state index contributed by atoms with van der Waals surface area (Å²) in [5, 5.41) is 17.1. The van der Waals surface area contributed by atoms with Crippen LogP contribution in [0.25, 0.3) is 0 Å². The third-order valence-electron chi connectivity index (χ3n) is 4.33. The summed E-state index contributed by atoms with van der Waals surface area (Å²) < 4.78 is 0.772. The SMILES string of the molecule is CN1CCc2c(sc3c2C(=O)N[C@H](c2ccc(O)c(I)c2)N3)C1. The zero-order chi connectivity index (χ0) is 16.1. The molecule has 2 aromatic rings. The van der Waals surface area contributed by atoms with E-state index in [1.165, 1.54) is 10.4 Å². The number of aromatic hydroxyl groups is 1. The Morgan fingerprint density at radius 1 is 1.39 bits per heavy atom. The number of likely N-dealkylation sites (N-methyl/N-ethyl adjacent to an activating group) is 1. The van der Waals surface area contributed by atoms with Crippen LogP contribution in [0, 0.1) is 3.57 Å². The standard InChI is InChI=1S/C16H16IN3O2S/c1-20-5-4-9-12(7-20)23-16-13(9)15(22)18-14(19-16)8-2-3-11(21)10(17)6-8/h2-3,6,14,19,21H,4-5,7H2,1H3,(H,18,22)/t14-/m0/s1. The quantitative estimate of drug-likeness (QED) is 0.596. The van der Waals surface area contributed by atoms with Crippen molar-refractivity contribution in [1.29, 1.82) is 0 Å². The number of fused-ring (bicyclic) bond motifs is 3. The van der Waals surface area contributed by atoms with E-state index < -0.39 is 0 Å². The van der Waals surface area contributed by atoms with Gasteiger partial charge in [-0.1, -0.05) is 6.07 Å². The molecule has 23 heavy (non-hydrogen) atoms. The minimum atomic E-state index is -0.262. The van der Waals surface area contributed by atoms with Gasteiger partial charge >= 0.3 is 0 Å². The third-order valence-corrected chi connectivity index (χ3v) is 6.34. The van der Waals surface area contributed by atoms with E-state index in [9.17, 15) is 9.90 Å². The number of halogens is 1. The van der Waals surface area contributed by atoms with Gasteiger partial charge in [-0.15, -0.1) is 11.3 Å². The highest BCUT2D eigenvalue weighted by Crippen LogP contribution is 2.40. The van der Waals surface area contributed by atoms with E-state index in [-0.39, 0.29) is 17.8 Å². The van der Waals surface area contributed by atoms with Crippen molar-refractivity contribution in [2.75, 3.05) is 18.9 Å². The van der Waals surface area contributed by atoms with Crippen LogP contribution in [0.5, 0.6) is 5.75 Å². The second-order valence-electron chi connectivity index (χ2n) is 5.96. The Morgan fingerprint density at radius 3 is 3.00 bits per heavy atom. The number of carbonyl (C=O) groups is 1. The minimum Gasteiger partial charge on any atom is -0.507 e. The van der Waals surface area contributed by atoms with Crippen molar-refractivity contribution in [3.8, 4) is 5.75 Å². The molecule has 1 amide bonds. The molecule has 0 bridgehead atoms. The van der Waals surface area contributed by atoms with E-state index in [1.54, 1.807) is 17.4 Å². The van der Waals surface area contributed by atoms with Crippen LogP contribution in [-0.4, -0.2) is 29.5 Å². The van der Waals surface area contributed by atoms with Crippen molar-refractivity contribution in [3.05, 3.63) is 43.3 Å². The van der Waals surface area contributed by atoms with Gasteiger partial charge in [-0.3, -0.25) is 4.79 Å². The highest BCUT2D eigenvalue weighted by atomic mass is 127. The molecular formula is C16H16IN3O2S. The van der Waals surface area contributed by atoms with Crippen LogP contribution in [0.15, 0.2) is 18.2 Å². The predicted octanol–water partition coefficient (Wildman–Crippen LogP) is 2.90. The highest BCUT2D eigenvalue weighted by molar-refractivity contribution is 14.1. The van der Waals surface area contributed by atoms with E-state index >= 15 is 0 Å². The number of phenols is 1. The fourth-order valence-corrected chi connectivity index (χ4v) is 5.01. The predicted molar refractivity (Wildman–Crippen MR) is 99.0 cm³/mol. The summed E-state index contributed by atoms with van der Waals surface area (Å²) in [4.78, 5) is 16.2. The van der Waals surface area contributed by atoms with Crippen molar-refractivity contribution >= 4 is 44.8 Å². The Labute approximate surface area is 151 Å². The lowest BCUT2D eigenvalue weighted by Crippen LogP contribution is -2.38. The first-order chi connectivity index (χ1) is 11.0. The van der Waals surface area contributed by atoms with Gasteiger partial charge < -0.3 is 20.6 Å². The highest BCUT2D eigenvalue weighted by Gasteiger charge is 2.32. The van der Waals surface area contributed by atoms with Crippen molar-refractivity contribution in [2.45, 2.75) is 19.1 Å². The zero-order valence-corrected chi connectivity index (χ0v) is 15.5. The fourth-order valence-electron chi connectivity index (χ4n) is 3.11. The van der Waals surface area contributed by atoms with Gasteiger partial charge in [-0.25, -0.2) is 0 Å². The number of thiophene rings is 1. The number of nitrogens with one attached hydrogen (secondary N) is 2. The molecule has 1 atom stereocenters. The van der Waals surface area contributed by atoms with Crippen molar-refractivity contribution < 1.29 is 9.90 Å². The maximum Gasteiger partial charge on any atom is 0.256 e. The number of rotatable bonds is 1. The van der Waals surface area contributed by atoms with Gasteiger partial charge in [0.15, 0.2) is 0 Å². The summed E-state index contributed by atoms with van der Waals surface area (Å²) in [6, 6.07) is 5.39. The molecule has 2 aliphatic heterocycles. The Kier molecular flexibility index (Phi) is 3.73. The van der Waals surface area contributed by atoms with Gasteiger partial charge in [0.25, 0.3) is 5.91 Å². The lowest BCUT2D eigenvalue weighted by atomic mass is 10.0. The van der Waals surface area contributed by atoms with E-state index in [0.717, 1.165) is 39.2 Å². The number of phenolic OH excluding ortho intramolecular Hbond substituents is 1. The van der Waals surface area contributed by atoms with Crippen LogP contribution in [0.4, 0.5) is 5.00 Å². The molecule has 0 radical (unpaired) electrons. The van der Waals surface area contributed by atoms with E-state index in [0.29, 0.717) is 0 Å². The minimum absolute atomic E-state index is 0.00566. The van der Waals surface area contributed by atoms with Gasteiger partial charge in [0, 0.05) is 18.0 Å². The summed E-state index contributed by atoms with van der Waals surface area (Å²) in [6.45, 7) is 1.90. The zero-order valence-electron chi connectivity index (χ0n) is 12.5. The first kappa shape index (κ1) is 15.2. The fraction of sp³-hybridized carbons (Fsp3) is 0.312. The van der Waals surface area contributed by atoms with E-state index in [4.69, 9.17) is 0 Å². The summed E-state index contributed by atoms with van der Waals surface area (Å²) in [5.74, 6) is 0.251. The van der Waals surface area contributed by atoms with E-state index in [2.05, 4.69) is 45.2 Å². The topological polar surface area (TPSA) is 64.6 Å². The van der Waals surface area contributed by atoms with Crippen LogP contribution in [-0.2, 0) is 13.0 Å². The van der Waals surface area contributed by atoms with E-state index in [1.807, 2.05) is 12.1 Å². The smallest absolute Gasteiger partial charge is 0.256 e. The number of nitrogens with zero attached hydrogens (tertiary/aromatic N) is 1. The molecular weight excluding hydrogens is 425 g/mol. The summed E-state index contributed by atoms with van der Waals surface area (Å²) in [5.41, 5.74) is 2.96. The second kappa shape index (κ2) is 5.64. The molecule has 4 rings (SSSR count). The second-order valence-corrected chi connectivity index (χ2v) is 8.22. The molecule has 1 aromatic carbocycles. The Balaban J connectivity index is 1.70. The maximum atomic E-state index is 12.6. The van der Waals surface area contributed by atoms with Crippen LogP contribution in [0.2, 0.25) is 0 Å². The Hall–Kier alpha value is -1.32. The monoisotopic (exact) mass is 441 g/mol. The number of anilines is 1. The molecule has 3 heterocycles. The summed E-state index contributed by atoms with van der Waals surface area (Å²) in [7, 11) is 2.11. The first-order valence-corrected chi connectivity index (χ1v) is 9.31. The molecule has 1 aromatic heterocycles. The van der Waals surface area contributed by atoms with Gasteiger partial charge in [-0.05, 0) is 59.3 Å². The molecule has 0 saturated heterocycles. The number of hydrogen-bond donors (Lipinski definition) is 3. The lowest BCUT2D eigenvalue weighted by molar-refractivity contribution is 0.0935. The average molecular weight is 441 g/mol. The van der Waals surface area contributed by atoms with Gasteiger partial charge in [0.2, 0.25) is 0 Å². The molecule has 120 valence electrons. The first-order valence-electron chi connectivity index (χ1n) is 7.42. The van der Waals surface area contributed by atoms with Crippen LogP contribution < -0.4 is 10.6 Å². The van der Waals surface area contributed by atoms with Gasteiger partial charge in [0.1, 0.15) is 16.9 Å². The summed E-state index contributed by atoms with van der Waals surface area (Å²) >= 11 is 3.78. The average Bonchev–Trinajstić information content (AvgIpc) is 2.87. The molecule has 3 N–H and O–H groups in total. The molecule has 0 unspecified atom stereocenters. The number of carbonyl (C=O) groups excluding carboxylic acids is 1. The molecule has 0 fully saturated rings. The van der Waals surface area contributed by atoms with Gasteiger partial charge in [0.05, 0.1) is 9.13 Å². The third kappa shape index (κ3) is 2.60. The molecule has 7 heteroatoms. The Bertz CT molecular complexity index is 805. The normalized spacial score (nSPS) is 20.4. The Morgan fingerprint density at radius 2 is 2.22 bits per heavy atom. The molecule has 5 nitrogen and oxygen atoms in total. The lowest BCUT2D eigenvalue weighted by Gasteiger charge is -2.27. The number of amides is 1. The molecule has 0 spiro atoms. The van der Waals surface area contributed by atoms with Crippen molar-refractivity contribution in [2.24, 2.45) is 0 Å². The molecule has 0 saturated carbocycles. The number of benzene rings is 1. The van der Waals surface area contributed by atoms with Crippen molar-refractivity contribution in [1.82, 2.24) is 10.2 Å².